The molecule has 4 aromatic rings. The highest BCUT2D eigenvalue weighted by atomic mass is 32.2. The zero-order valence-electron chi connectivity index (χ0n) is 29.3. The van der Waals surface area contributed by atoms with Crippen molar-refractivity contribution in [2.45, 2.75) is 68.1 Å². The molecule has 0 amide bonds. The van der Waals surface area contributed by atoms with Gasteiger partial charge in [-0.15, -0.1) is 0 Å². The highest BCUT2D eigenvalue weighted by Crippen LogP contribution is 2.38. The topological polar surface area (TPSA) is 88.1 Å². The summed E-state index contributed by atoms with van der Waals surface area (Å²) >= 11 is 0. The number of halogens is 4. The Labute approximate surface area is 302 Å². The van der Waals surface area contributed by atoms with Crippen molar-refractivity contribution < 1.29 is 35.5 Å². The molecule has 0 aliphatic carbocycles. The van der Waals surface area contributed by atoms with Crippen LogP contribution in [0.4, 0.5) is 29.1 Å². The van der Waals surface area contributed by atoms with Crippen molar-refractivity contribution >= 4 is 21.5 Å². The van der Waals surface area contributed by atoms with Crippen molar-refractivity contribution in [1.29, 1.82) is 0 Å². The Bertz CT molecular complexity index is 1940. The number of hydrogen-bond acceptors (Lipinski definition) is 8. The molecule has 1 atom stereocenters. The first-order chi connectivity index (χ1) is 24.9. The molecule has 14 heteroatoms. The van der Waals surface area contributed by atoms with Crippen molar-refractivity contribution in [2.75, 3.05) is 49.6 Å². The SMILES string of the molecule is COc1ccc(CN(c2ccncn2)S(=O)(=O)c2ccc(N3CCCC(CCc4cccc(C(F)(F)F)c4)(N4CCCCC4)C3)cc2F)c(OC)c1. The lowest BCUT2D eigenvalue weighted by Crippen LogP contribution is -2.60. The summed E-state index contributed by atoms with van der Waals surface area (Å²) in [5.41, 5.74) is 0.686. The fourth-order valence-electron chi connectivity index (χ4n) is 7.47. The van der Waals surface area contributed by atoms with Gasteiger partial charge in [-0.3, -0.25) is 4.90 Å². The van der Waals surface area contributed by atoms with Gasteiger partial charge < -0.3 is 14.4 Å². The number of methoxy groups -OCH3 is 2. The Morgan fingerprint density at radius 3 is 2.42 bits per heavy atom. The fraction of sp³-hybridized carbons (Fsp3) is 0.421. The van der Waals surface area contributed by atoms with Crippen LogP contribution in [-0.2, 0) is 29.2 Å². The van der Waals surface area contributed by atoms with Crippen LogP contribution >= 0.6 is 0 Å². The number of sulfonamides is 1. The van der Waals surface area contributed by atoms with Gasteiger partial charge in [-0.1, -0.05) is 24.6 Å². The van der Waals surface area contributed by atoms with Gasteiger partial charge in [0.1, 0.15) is 34.4 Å². The maximum absolute atomic E-state index is 16.2. The molecule has 2 aliphatic rings. The Hall–Kier alpha value is -4.43. The average molecular weight is 742 g/mol. The molecular formula is C38H43F4N5O4S. The summed E-state index contributed by atoms with van der Waals surface area (Å²) in [5, 5.41) is 0. The van der Waals surface area contributed by atoms with Gasteiger partial charge in [0, 0.05) is 48.2 Å². The maximum atomic E-state index is 16.2. The monoisotopic (exact) mass is 741 g/mol. The number of hydrogen-bond donors (Lipinski definition) is 0. The summed E-state index contributed by atoms with van der Waals surface area (Å²) in [5.74, 6) is 0.0620. The van der Waals surface area contributed by atoms with Gasteiger partial charge in [-0.05, 0) is 93.6 Å². The molecule has 2 fully saturated rings. The van der Waals surface area contributed by atoms with Crippen LogP contribution in [0.5, 0.6) is 11.5 Å². The van der Waals surface area contributed by atoms with E-state index in [2.05, 4.69) is 19.8 Å². The van der Waals surface area contributed by atoms with E-state index in [-0.39, 0.29) is 17.9 Å². The molecule has 3 heterocycles. The van der Waals surface area contributed by atoms with Crippen molar-refractivity contribution in [2.24, 2.45) is 0 Å². The summed E-state index contributed by atoms with van der Waals surface area (Å²) in [6.07, 6.45) is 4.19. The van der Waals surface area contributed by atoms with Crippen LogP contribution in [0, 0.1) is 5.82 Å². The molecule has 3 aromatic carbocycles. The van der Waals surface area contributed by atoms with Gasteiger partial charge in [0.25, 0.3) is 10.0 Å². The molecule has 0 N–H and O–H groups in total. The van der Waals surface area contributed by atoms with E-state index >= 15 is 4.39 Å². The number of rotatable bonds is 12. The normalized spacial score (nSPS) is 18.6. The average Bonchev–Trinajstić information content (AvgIpc) is 3.16. The smallest absolute Gasteiger partial charge is 0.416 e. The second-order valence-electron chi connectivity index (χ2n) is 13.4. The number of piperidine rings is 2. The van der Waals surface area contributed by atoms with Gasteiger partial charge in [0.15, 0.2) is 0 Å². The number of alkyl halides is 3. The first kappa shape index (κ1) is 37.3. The summed E-state index contributed by atoms with van der Waals surface area (Å²) in [4.78, 5) is 12.1. The molecule has 52 heavy (non-hydrogen) atoms. The molecule has 1 aromatic heterocycles. The predicted molar refractivity (Wildman–Crippen MR) is 191 cm³/mol. The van der Waals surface area contributed by atoms with Crippen LogP contribution in [0.1, 0.15) is 55.2 Å². The van der Waals surface area contributed by atoms with Crippen LogP contribution in [0.2, 0.25) is 0 Å². The van der Waals surface area contributed by atoms with E-state index in [0.717, 1.165) is 55.6 Å². The first-order valence-electron chi connectivity index (χ1n) is 17.4. The molecule has 2 saturated heterocycles. The number of anilines is 2. The molecule has 0 bridgehead atoms. The van der Waals surface area contributed by atoms with Gasteiger partial charge in [0.2, 0.25) is 0 Å². The molecule has 0 radical (unpaired) electrons. The molecule has 2 aliphatic heterocycles. The Morgan fingerprint density at radius 1 is 0.923 bits per heavy atom. The largest absolute Gasteiger partial charge is 0.497 e. The lowest BCUT2D eigenvalue weighted by atomic mass is 9.80. The number of aromatic nitrogens is 2. The predicted octanol–water partition coefficient (Wildman–Crippen LogP) is 7.50. The van der Waals surface area contributed by atoms with E-state index in [1.807, 2.05) is 0 Å². The van der Waals surface area contributed by atoms with Crippen molar-refractivity contribution in [3.8, 4) is 11.5 Å². The third-order valence-corrected chi connectivity index (χ3v) is 12.0. The van der Waals surface area contributed by atoms with Crippen LogP contribution in [0.3, 0.4) is 0 Å². The third-order valence-electron chi connectivity index (χ3n) is 10.2. The van der Waals surface area contributed by atoms with E-state index in [1.54, 1.807) is 30.3 Å². The minimum absolute atomic E-state index is 0.0551. The molecule has 0 saturated carbocycles. The number of aryl methyl sites for hydroxylation is 1. The second kappa shape index (κ2) is 15.7. The van der Waals surface area contributed by atoms with Gasteiger partial charge >= 0.3 is 6.18 Å². The minimum Gasteiger partial charge on any atom is -0.497 e. The van der Waals surface area contributed by atoms with Gasteiger partial charge in [-0.25, -0.2) is 27.1 Å². The Morgan fingerprint density at radius 2 is 1.73 bits per heavy atom. The molecule has 1 unspecified atom stereocenters. The number of nitrogens with zero attached hydrogens (tertiary/aromatic N) is 5. The molecule has 6 rings (SSSR count). The van der Waals surface area contributed by atoms with Crippen molar-refractivity contribution in [1.82, 2.24) is 14.9 Å². The van der Waals surface area contributed by atoms with Gasteiger partial charge in [-0.2, -0.15) is 13.2 Å². The lowest BCUT2D eigenvalue weighted by Gasteiger charge is -2.52. The van der Waals surface area contributed by atoms with Crippen LogP contribution in [0.15, 0.2) is 84.1 Å². The van der Waals surface area contributed by atoms with Crippen LogP contribution < -0.4 is 18.7 Å². The van der Waals surface area contributed by atoms with E-state index in [1.165, 1.54) is 57.1 Å². The minimum atomic E-state index is -4.49. The lowest BCUT2D eigenvalue weighted by molar-refractivity contribution is -0.137. The van der Waals surface area contributed by atoms with E-state index in [0.29, 0.717) is 54.2 Å². The second-order valence-corrected chi connectivity index (χ2v) is 15.2. The molecule has 9 nitrogen and oxygen atoms in total. The zero-order valence-corrected chi connectivity index (χ0v) is 30.1. The van der Waals surface area contributed by atoms with Crippen LogP contribution in [0.25, 0.3) is 0 Å². The summed E-state index contributed by atoms with van der Waals surface area (Å²) < 4.78 is 97.0. The highest BCUT2D eigenvalue weighted by molar-refractivity contribution is 7.92. The van der Waals surface area contributed by atoms with Crippen LogP contribution in [-0.4, -0.2) is 69.2 Å². The highest BCUT2D eigenvalue weighted by Gasteiger charge is 2.41. The Kier molecular flexibility index (Phi) is 11.2. The Balaban J connectivity index is 1.28. The quantitative estimate of drug-likeness (QED) is 0.138. The van der Waals surface area contributed by atoms with Gasteiger partial charge in [0.05, 0.1) is 26.3 Å². The van der Waals surface area contributed by atoms with Crippen molar-refractivity contribution in [3.05, 3.63) is 102 Å². The summed E-state index contributed by atoms with van der Waals surface area (Å²) in [6, 6.07) is 16.1. The summed E-state index contributed by atoms with van der Waals surface area (Å²) in [7, 11) is -1.51. The zero-order chi connectivity index (χ0) is 36.9. The third kappa shape index (κ3) is 8.12. The molecular weight excluding hydrogens is 699 g/mol. The number of likely N-dealkylation sites (tertiary alicyclic amines) is 1. The number of benzene rings is 3. The number of ether oxygens (including phenoxy) is 2. The fourth-order valence-corrected chi connectivity index (χ4v) is 8.92. The molecule has 0 spiro atoms. The van der Waals surface area contributed by atoms with E-state index in [9.17, 15) is 21.6 Å². The van der Waals surface area contributed by atoms with Crippen molar-refractivity contribution in [3.63, 3.8) is 0 Å². The first-order valence-corrected chi connectivity index (χ1v) is 18.8. The standard InChI is InChI=1S/C38H43F4N5O4S/c1-50-32-12-10-29(34(24-32)51-2)25-47(36-15-18-43-27-44-36)52(48,49)35-13-11-31(23-33(35)39)45-19-7-16-37(26-45,46-20-4-3-5-21-46)17-14-28-8-6-9-30(22-28)38(40,41)42/h6,8-13,15,18,22-24,27H,3-5,7,14,16-17,19-21,25-26H2,1-2H3. The molecule has 278 valence electrons. The maximum Gasteiger partial charge on any atom is 0.416 e. The van der Waals surface area contributed by atoms with E-state index in [4.69, 9.17) is 9.47 Å². The summed E-state index contributed by atoms with van der Waals surface area (Å²) in [6.45, 7) is 2.75. The van der Waals surface area contributed by atoms with E-state index < -0.39 is 32.5 Å².